The molecule has 0 aromatic carbocycles. The Morgan fingerprint density at radius 1 is 1.29 bits per heavy atom. The Hall–Kier alpha value is -0.630. The fraction of sp³-hybridized carbons (Fsp3) is 0.800. The minimum absolute atomic E-state index is 0.0376. The summed E-state index contributed by atoms with van der Waals surface area (Å²) in [5.41, 5.74) is 0. The fourth-order valence-corrected chi connectivity index (χ4v) is 2.29. The van der Waals surface area contributed by atoms with Gasteiger partial charge >= 0.3 is 0 Å². The molecule has 0 aliphatic carbocycles. The van der Waals surface area contributed by atoms with Crippen molar-refractivity contribution in [3.63, 3.8) is 0 Å². The smallest absolute Gasteiger partial charge is 0.160 e. The quantitative estimate of drug-likeness (QED) is 0.450. The maximum absolute atomic E-state index is 11.8. The summed E-state index contributed by atoms with van der Waals surface area (Å²) in [5.74, 6) is 0.560. The molecule has 0 aliphatic heterocycles. The van der Waals surface area contributed by atoms with Crippen molar-refractivity contribution in [2.75, 3.05) is 7.11 Å². The van der Waals surface area contributed by atoms with E-state index in [-0.39, 0.29) is 17.8 Å². The summed E-state index contributed by atoms with van der Waals surface area (Å²) >= 11 is 0. The number of carbonyl (C=O) groups excluding carboxylic acids is 1. The summed E-state index contributed by atoms with van der Waals surface area (Å²) < 4.78 is 5.52. The zero-order valence-electron chi connectivity index (χ0n) is 12.0. The molecule has 0 N–H and O–H groups in total. The van der Waals surface area contributed by atoms with Gasteiger partial charge < -0.3 is 4.74 Å². The maximum Gasteiger partial charge on any atom is 0.160 e. The lowest BCUT2D eigenvalue weighted by atomic mass is 9.87. The first kappa shape index (κ1) is 16.4. The van der Waals surface area contributed by atoms with Crippen LogP contribution in [0.3, 0.4) is 0 Å². The molecule has 0 spiro atoms. The number of hydrogen-bond donors (Lipinski definition) is 0. The number of allylic oxidation sites excluding steroid dienone is 2. The van der Waals surface area contributed by atoms with E-state index >= 15 is 0 Å². The summed E-state index contributed by atoms with van der Waals surface area (Å²) in [4.78, 5) is 11.8. The molecule has 0 amide bonds. The number of unbranched alkanes of at least 4 members (excludes halogenated alkanes) is 2. The molecule has 0 radical (unpaired) electrons. The second kappa shape index (κ2) is 9.41. The summed E-state index contributed by atoms with van der Waals surface area (Å²) in [6.45, 7) is 8.23. The highest BCUT2D eigenvalue weighted by Gasteiger charge is 2.26. The van der Waals surface area contributed by atoms with Crippen LogP contribution in [0.2, 0.25) is 0 Å². The van der Waals surface area contributed by atoms with Crippen molar-refractivity contribution in [1.29, 1.82) is 0 Å². The van der Waals surface area contributed by atoms with Crippen molar-refractivity contribution in [2.45, 2.75) is 59.5 Å². The van der Waals surface area contributed by atoms with E-state index in [2.05, 4.69) is 13.8 Å². The average Bonchev–Trinajstić information content (AvgIpc) is 2.30. The normalized spacial score (nSPS) is 17.0. The molecule has 0 aromatic rings. The molecule has 2 nitrogen and oxygen atoms in total. The van der Waals surface area contributed by atoms with Crippen LogP contribution in [0.4, 0.5) is 0 Å². The van der Waals surface area contributed by atoms with E-state index in [0.717, 1.165) is 6.42 Å². The molecule has 0 rings (SSSR count). The Morgan fingerprint density at radius 3 is 2.41 bits per heavy atom. The number of rotatable bonds is 9. The molecule has 17 heavy (non-hydrogen) atoms. The maximum atomic E-state index is 11.8. The summed E-state index contributed by atoms with van der Waals surface area (Å²) in [5, 5.41) is 0. The molecular weight excluding hydrogens is 212 g/mol. The third-order valence-corrected chi connectivity index (χ3v) is 3.37. The Bertz CT molecular complexity index is 233. The van der Waals surface area contributed by atoms with Crippen LogP contribution in [-0.4, -0.2) is 19.0 Å². The van der Waals surface area contributed by atoms with Crippen LogP contribution in [0.5, 0.6) is 0 Å². The molecule has 3 atom stereocenters. The minimum Gasteiger partial charge on any atom is -0.380 e. The molecule has 0 aliphatic rings. The van der Waals surface area contributed by atoms with E-state index in [1.54, 1.807) is 19.3 Å². The number of hydrogen-bond acceptors (Lipinski definition) is 2. The number of methoxy groups -OCH3 is 1. The standard InChI is InChI=1S/C15H28O2/c1-6-8-9-11-12(3)15(17-5)13(4)14(16)10-7-2/h7,10,12-13,15H,6,8-9,11H2,1-5H3/b10-7+. The highest BCUT2D eigenvalue weighted by Crippen LogP contribution is 2.22. The fourth-order valence-electron chi connectivity index (χ4n) is 2.29. The Kier molecular flexibility index (Phi) is 9.06. The van der Waals surface area contributed by atoms with Crippen molar-refractivity contribution >= 4 is 5.78 Å². The van der Waals surface area contributed by atoms with Crippen LogP contribution < -0.4 is 0 Å². The van der Waals surface area contributed by atoms with E-state index in [0.29, 0.717) is 5.92 Å². The Labute approximate surface area is 106 Å². The lowest BCUT2D eigenvalue weighted by Gasteiger charge is -2.27. The molecular formula is C15H28O2. The first-order valence-corrected chi connectivity index (χ1v) is 6.77. The van der Waals surface area contributed by atoms with E-state index < -0.39 is 0 Å². The van der Waals surface area contributed by atoms with Crippen LogP contribution in [0, 0.1) is 11.8 Å². The zero-order valence-corrected chi connectivity index (χ0v) is 12.0. The number of ketones is 1. The predicted octanol–water partition coefficient (Wildman–Crippen LogP) is 4.00. The van der Waals surface area contributed by atoms with Gasteiger partial charge in [0.15, 0.2) is 5.78 Å². The van der Waals surface area contributed by atoms with Crippen molar-refractivity contribution in [1.82, 2.24) is 0 Å². The van der Waals surface area contributed by atoms with Gasteiger partial charge in [-0.25, -0.2) is 0 Å². The predicted molar refractivity (Wildman–Crippen MR) is 73.1 cm³/mol. The van der Waals surface area contributed by atoms with Gasteiger partial charge in [0.2, 0.25) is 0 Å². The molecule has 3 unspecified atom stereocenters. The first-order valence-electron chi connectivity index (χ1n) is 6.77. The topological polar surface area (TPSA) is 26.3 Å². The van der Waals surface area contributed by atoms with E-state index in [1.165, 1.54) is 19.3 Å². The van der Waals surface area contributed by atoms with Gasteiger partial charge in [-0.05, 0) is 25.3 Å². The molecule has 0 saturated heterocycles. The lowest BCUT2D eigenvalue weighted by molar-refractivity contribution is -0.123. The van der Waals surface area contributed by atoms with Crippen LogP contribution in [0.25, 0.3) is 0 Å². The van der Waals surface area contributed by atoms with Crippen LogP contribution >= 0.6 is 0 Å². The summed E-state index contributed by atoms with van der Waals surface area (Å²) in [6, 6.07) is 0. The average molecular weight is 240 g/mol. The molecule has 100 valence electrons. The highest BCUT2D eigenvalue weighted by molar-refractivity contribution is 5.91. The lowest BCUT2D eigenvalue weighted by Crippen LogP contribution is -2.32. The third kappa shape index (κ3) is 6.02. The monoisotopic (exact) mass is 240 g/mol. The van der Waals surface area contributed by atoms with Gasteiger partial charge in [0.25, 0.3) is 0 Å². The highest BCUT2D eigenvalue weighted by atomic mass is 16.5. The van der Waals surface area contributed by atoms with Crippen molar-refractivity contribution < 1.29 is 9.53 Å². The third-order valence-electron chi connectivity index (χ3n) is 3.37. The van der Waals surface area contributed by atoms with Crippen LogP contribution in [-0.2, 0) is 9.53 Å². The van der Waals surface area contributed by atoms with E-state index in [4.69, 9.17) is 4.74 Å². The van der Waals surface area contributed by atoms with Gasteiger partial charge in [0.1, 0.15) is 0 Å². The second-order valence-corrected chi connectivity index (χ2v) is 4.86. The van der Waals surface area contributed by atoms with Crippen molar-refractivity contribution in [2.24, 2.45) is 11.8 Å². The molecule has 0 fully saturated rings. The Balaban J connectivity index is 4.33. The van der Waals surface area contributed by atoms with Crippen LogP contribution in [0.15, 0.2) is 12.2 Å². The van der Waals surface area contributed by atoms with Gasteiger partial charge in [-0.1, -0.05) is 46.1 Å². The van der Waals surface area contributed by atoms with Gasteiger partial charge in [-0.15, -0.1) is 0 Å². The summed E-state index contributed by atoms with van der Waals surface area (Å²) in [6.07, 6.45) is 8.34. The second-order valence-electron chi connectivity index (χ2n) is 4.86. The van der Waals surface area contributed by atoms with E-state index in [9.17, 15) is 4.79 Å². The van der Waals surface area contributed by atoms with Gasteiger partial charge in [-0.3, -0.25) is 4.79 Å². The van der Waals surface area contributed by atoms with Gasteiger partial charge in [0, 0.05) is 13.0 Å². The van der Waals surface area contributed by atoms with Crippen LogP contribution in [0.1, 0.15) is 53.4 Å². The molecule has 0 saturated carbocycles. The number of carbonyl (C=O) groups is 1. The molecule has 0 heterocycles. The SMILES string of the molecule is C/C=C/C(=O)C(C)C(OC)C(C)CCCCC. The largest absolute Gasteiger partial charge is 0.380 e. The minimum atomic E-state index is -0.0483. The zero-order chi connectivity index (χ0) is 13.3. The molecule has 0 aromatic heterocycles. The number of ether oxygens (including phenoxy) is 1. The summed E-state index contributed by atoms with van der Waals surface area (Å²) in [7, 11) is 1.71. The first-order chi connectivity index (χ1) is 8.08. The Morgan fingerprint density at radius 2 is 1.94 bits per heavy atom. The van der Waals surface area contributed by atoms with Gasteiger partial charge in [-0.2, -0.15) is 0 Å². The van der Waals surface area contributed by atoms with Crippen molar-refractivity contribution in [3.05, 3.63) is 12.2 Å². The van der Waals surface area contributed by atoms with Crippen molar-refractivity contribution in [3.8, 4) is 0 Å². The molecule has 2 heteroatoms. The van der Waals surface area contributed by atoms with Gasteiger partial charge in [0.05, 0.1) is 6.10 Å². The molecule has 0 bridgehead atoms. The van der Waals surface area contributed by atoms with E-state index in [1.807, 2.05) is 13.8 Å².